The molecular formula is C4H2BrClN2O2. The number of halogens is 2. The standard InChI is InChI=1S/C4H2BrClN2O2/c5-1-2(6)7-4(10)8-3(1)9/h(H2,7,8,9,10). The molecule has 0 aromatic carbocycles. The minimum absolute atomic E-state index is 0.00810. The zero-order valence-electron chi connectivity index (χ0n) is 4.57. The first-order chi connectivity index (χ1) is 4.61. The van der Waals surface area contributed by atoms with E-state index in [0.29, 0.717) is 0 Å². The van der Waals surface area contributed by atoms with Crippen molar-refractivity contribution in [3.8, 4) is 0 Å². The summed E-state index contributed by atoms with van der Waals surface area (Å²) < 4.78 is 0.133. The van der Waals surface area contributed by atoms with Gasteiger partial charge in [0.1, 0.15) is 9.63 Å². The fraction of sp³-hybridized carbons (Fsp3) is 0. The Morgan fingerprint density at radius 1 is 1.30 bits per heavy atom. The molecule has 0 spiro atoms. The minimum atomic E-state index is -0.613. The third-order valence-electron chi connectivity index (χ3n) is 0.842. The van der Waals surface area contributed by atoms with Gasteiger partial charge in [0.2, 0.25) is 0 Å². The molecule has 1 aromatic rings. The van der Waals surface area contributed by atoms with Gasteiger partial charge in [0.15, 0.2) is 0 Å². The number of rotatable bonds is 0. The molecule has 0 atom stereocenters. The van der Waals surface area contributed by atoms with Crippen LogP contribution in [0.3, 0.4) is 0 Å². The molecular weight excluding hydrogens is 223 g/mol. The van der Waals surface area contributed by atoms with E-state index < -0.39 is 11.2 Å². The van der Waals surface area contributed by atoms with Gasteiger partial charge < -0.3 is 0 Å². The Bertz CT molecular complexity index is 355. The lowest BCUT2D eigenvalue weighted by atomic mass is 10.7. The van der Waals surface area contributed by atoms with Gasteiger partial charge in [-0.2, -0.15) is 0 Å². The molecule has 0 amide bonds. The number of nitrogens with one attached hydrogen (secondary N) is 2. The van der Waals surface area contributed by atoms with Crippen molar-refractivity contribution in [2.45, 2.75) is 0 Å². The van der Waals surface area contributed by atoms with Gasteiger partial charge in [0, 0.05) is 0 Å². The summed E-state index contributed by atoms with van der Waals surface area (Å²) in [6.45, 7) is 0. The lowest BCUT2D eigenvalue weighted by Gasteiger charge is -1.89. The monoisotopic (exact) mass is 224 g/mol. The van der Waals surface area contributed by atoms with Gasteiger partial charge in [0.25, 0.3) is 5.56 Å². The number of aromatic nitrogens is 2. The summed E-state index contributed by atoms with van der Waals surface area (Å²) in [7, 11) is 0. The summed E-state index contributed by atoms with van der Waals surface area (Å²) >= 11 is 8.26. The maximum absolute atomic E-state index is 10.7. The average Bonchev–Trinajstić information content (AvgIpc) is 1.82. The van der Waals surface area contributed by atoms with Crippen molar-refractivity contribution in [2.75, 3.05) is 0 Å². The van der Waals surface area contributed by atoms with Crippen LogP contribution in [0.2, 0.25) is 5.15 Å². The lowest BCUT2D eigenvalue weighted by Crippen LogP contribution is -2.22. The molecule has 4 nitrogen and oxygen atoms in total. The second-order valence-corrected chi connectivity index (χ2v) is 2.71. The summed E-state index contributed by atoms with van der Waals surface area (Å²) in [6, 6.07) is 0. The van der Waals surface area contributed by atoms with Crippen LogP contribution in [0.1, 0.15) is 0 Å². The fourth-order valence-electron chi connectivity index (χ4n) is 0.443. The molecule has 0 fully saturated rings. The summed E-state index contributed by atoms with van der Waals surface area (Å²) in [5, 5.41) is 0.00810. The highest BCUT2D eigenvalue weighted by molar-refractivity contribution is 9.10. The van der Waals surface area contributed by atoms with Crippen LogP contribution in [0.15, 0.2) is 14.1 Å². The van der Waals surface area contributed by atoms with Crippen LogP contribution in [0.25, 0.3) is 0 Å². The maximum atomic E-state index is 10.7. The van der Waals surface area contributed by atoms with Crippen molar-refractivity contribution >= 4 is 27.5 Å². The van der Waals surface area contributed by atoms with E-state index in [1.54, 1.807) is 0 Å². The Labute approximate surface area is 68.4 Å². The smallest absolute Gasteiger partial charge is 0.297 e. The molecule has 0 unspecified atom stereocenters. The largest absolute Gasteiger partial charge is 0.326 e. The first kappa shape index (κ1) is 7.56. The summed E-state index contributed by atoms with van der Waals surface area (Å²) in [4.78, 5) is 25.3. The van der Waals surface area contributed by atoms with E-state index in [2.05, 4.69) is 20.9 Å². The van der Waals surface area contributed by atoms with Crippen LogP contribution in [-0.4, -0.2) is 9.97 Å². The Morgan fingerprint density at radius 3 is 2.40 bits per heavy atom. The van der Waals surface area contributed by atoms with Gasteiger partial charge in [-0.05, 0) is 15.9 Å². The van der Waals surface area contributed by atoms with Crippen molar-refractivity contribution < 1.29 is 0 Å². The molecule has 0 aliphatic carbocycles. The predicted molar refractivity (Wildman–Crippen MR) is 40.4 cm³/mol. The molecule has 0 saturated carbocycles. The first-order valence-corrected chi connectivity index (χ1v) is 3.46. The molecule has 6 heteroatoms. The van der Waals surface area contributed by atoms with Gasteiger partial charge in [-0.1, -0.05) is 11.6 Å². The van der Waals surface area contributed by atoms with Crippen molar-refractivity contribution in [1.29, 1.82) is 0 Å². The third-order valence-corrected chi connectivity index (χ3v) is 2.11. The molecule has 54 valence electrons. The molecule has 1 heterocycles. The zero-order chi connectivity index (χ0) is 7.72. The molecule has 0 bridgehead atoms. The van der Waals surface area contributed by atoms with E-state index in [4.69, 9.17) is 11.6 Å². The van der Waals surface area contributed by atoms with Crippen molar-refractivity contribution in [1.82, 2.24) is 9.97 Å². The van der Waals surface area contributed by atoms with E-state index in [1.807, 2.05) is 4.98 Å². The maximum Gasteiger partial charge on any atom is 0.326 e. The second-order valence-electron chi connectivity index (χ2n) is 1.54. The van der Waals surface area contributed by atoms with Crippen molar-refractivity contribution in [3.63, 3.8) is 0 Å². The summed E-state index contributed by atoms with van der Waals surface area (Å²) in [5.41, 5.74) is -1.15. The second kappa shape index (κ2) is 2.59. The normalized spacial score (nSPS) is 9.80. The van der Waals surface area contributed by atoms with E-state index >= 15 is 0 Å². The molecule has 0 saturated heterocycles. The van der Waals surface area contributed by atoms with E-state index in [-0.39, 0.29) is 9.63 Å². The van der Waals surface area contributed by atoms with E-state index in [9.17, 15) is 9.59 Å². The average molecular weight is 225 g/mol. The predicted octanol–water partition coefficient (Wildman–Crippen LogP) is 0.479. The minimum Gasteiger partial charge on any atom is -0.297 e. The molecule has 2 N–H and O–H groups in total. The van der Waals surface area contributed by atoms with Gasteiger partial charge in [0.05, 0.1) is 0 Å². The Hall–Kier alpha value is -0.550. The fourth-order valence-corrected chi connectivity index (χ4v) is 0.813. The van der Waals surface area contributed by atoms with Gasteiger partial charge in [-0.25, -0.2) is 4.79 Å². The zero-order valence-corrected chi connectivity index (χ0v) is 6.91. The molecule has 0 aliphatic heterocycles. The lowest BCUT2D eigenvalue weighted by molar-refractivity contribution is 1.02. The Morgan fingerprint density at radius 2 is 1.90 bits per heavy atom. The molecule has 1 aromatic heterocycles. The van der Waals surface area contributed by atoms with Crippen molar-refractivity contribution in [2.24, 2.45) is 0 Å². The van der Waals surface area contributed by atoms with Crippen LogP contribution in [0.5, 0.6) is 0 Å². The number of hydrogen-bond donors (Lipinski definition) is 2. The highest BCUT2D eigenvalue weighted by Gasteiger charge is 2.01. The van der Waals surface area contributed by atoms with Crippen molar-refractivity contribution in [3.05, 3.63) is 30.5 Å². The molecule has 0 radical (unpaired) electrons. The number of hydrogen-bond acceptors (Lipinski definition) is 2. The quantitative estimate of drug-likeness (QED) is 0.631. The first-order valence-electron chi connectivity index (χ1n) is 2.29. The molecule has 0 aliphatic rings. The van der Waals surface area contributed by atoms with Crippen LogP contribution >= 0.6 is 27.5 Å². The molecule has 1 rings (SSSR count). The highest BCUT2D eigenvalue weighted by Crippen LogP contribution is 2.10. The Balaban J connectivity index is 3.62. The topological polar surface area (TPSA) is 65.7 Å². The van der Waals surface area contributed by atoms with E-state index in [1.165, 1.54) is 0 Å². The van der Waals surface area contributed by atoms with E-state index in [0.717, 1.165) is 0 Å². The van der Waals surface area contributed by atoms with Crippen LogP contribution in [0.4, 0.5) is 0 Å². The van der Waals surface area contributed by atoms with Crippen LogP contribution < -0.4 is 11.2 Å². The van der Waals surface area contributed by atoms with Gasteiger partial charge in [-0.3, -0.25) is 14.8 Å². The van der Waals surface area contributed by atoms with Crippen LogP contribution in [0, 0.1) is 0 Å². The Kier molecular flexibility index (Phi) is 1.96. The SMILES string of the molecule is O=c1[nH]c(Cl)c(Br)c(=O)[nH]1. The molecule has 10 heavy (non-hydrogen) atoms. The van der Waals surface area contributed by atoms with Gasteiger partial charge in [-0.15, -0.1) is 0 Å². The van der Waals surface area contributed by atoms with Gasteiger partial charge >= 0.3 is 5.69 Å². The van der Waals surface area contributed by atoms with Crippen LogP contribution in [-0.2, 0) is 0 Å². The number of H-pyrrole nitrogens is 2. The summed E-state index contributed by atoms with van der Waals surface area (Å²) in [6.07, 6.45) is 0. The number of aromatic amines is 2. The summed E-state index contributed by atoms with van der Waals surface area (Å²) in [5.74, 6) is 0. The highest BCUT2D eigenvalue weighted by atomic mass is 79.9. The third kappa shape index (κ3) is 1.30.